The first-order chi connectivity index (χ1) is 12.5. The third-order valence-corrected chi connectivity index (χ3v) is 5.02. The minimum absolute atomic E-state index is 0.00550. The van der Waals surface area contributed by atoms with Crippen LogP contribution in [0.3, 0.4) is 0 Å². The van der Waals surface area contributed by atoms with Gasteiger partial charge in [-0.15, -0.1) is 0 Å². The molecular weight excluding hydrogens is 330 g/mol. The molecule has 1 fully saturated rings. The Balaban J connectivity index is 1.98. The Labute approximate surface area is 156 Å². The molecule has 3 N–H and O–H groups in total. The molecule has 1 saturated heterocycles. The molecule has 0 radical (unpaired) electrons. The largest absolute Gasteiger partial charge is 0.384 e. The highest BCUT2D eigenvalue weighted by atomic mass is 16.5. The van der Waals surface area contributed by atoms with Crippen LogP contribution in [-0.2, 0) is 9.53 Å². The summed E-state index contributed by atoms with van der Waals surface area (Å²) in [7, 11) is 1.70. The average Bonchev–Trinajstić information content (AvgIpc) is 2.65. The molecule has 0 bridgehead atoms. The van der Waals surface area contributed by atoms with Gasteiger partial charge in [0, 0.05) is 24.6 Å². The molecule has 1 atom stereocenters. The summed E-state index contributed by atoms with van der Waals surface area (Å²) in [5, 5.41) is 9.27. The highest BCUT2D eigenvalue weighted by Gasteiger charge is 2.34. The van der Waals surface area contributed by atoms with E-state index < -0.39 is 6.04 Å². The third-order valence-electron chi connectivity index (χ3n) is 5.02. The molecule has 0 aromatic heterocycles. The minimum Gasteiger partial charge on any atom is -0.384 e. The number of hydrogen-bond donors (Lipinski definition) is 3. The van der Waals surface area contributed by atoms with Crippen molar-refractivity contribution in [1.82, 2.24) is 16.0 Å². The van der Waals surface area contributed by atoms with Gasteiger partial charge in [-0.25, -0.2) is 0 Å². The van der Waals surface area contributed by atoms with Crippen LogP contribution < -0.4 is 16.0 Å². The van der Waals surface area contributed by atoms with Crippen LogP contribution in [0.2, 0.25) is 0 Å². The molecule has 1 heterocycles. The second-order valence-corrected chi connectivity index (χ2v) is 7.46. The van der Waals surface area contributed by atoms with Crippen LogP contribution in [-0.4, -0.2) is 51.2 Å². The first kappa shape index (κ1) is 20.4. The summed E-state index contributed by atoms with van der Waals surface area (Å²) in [5.74, 6) is -0.375. The summed E-state index contributed by atoms with van der Waals surface area (Å²) in [4.78, 5) is 25.2. The van der Waals surface area contributed by atoms with Gasteiger partial charge in [-0.05, 0) is 44.0 Å². The van der Waals surface area contributed by atoms with Crippen molar-refractivity contribution in [3.05, 3.63) is 35.9 Å². The summed E-state index contributed by atoms with van der Waals surface area (Å²) in [6.45, 7) is 6.91. The van der Waals surface area contributed by atoms with Gasteiger partial charge in [0.2, 0.25) is 5.91 Å². The molecule has 144 valence electrons. The van der Waals surface area contributed by atoms with E-state index in [1.54, 1.807) is 19.2 Å². The normalized spacial score (nSPS) is 17.5. The van der Waals surface area contributed by atoms with E-state index >= 15 is 0 Å². The molecule has 6 heteroatoms. The van der Waals surface area contributed by atoms with Crippen molar-refractivity contribution in [1.29, 1.82) is 0 Å². The molecular formula is C20H31N3O3. The summed E-state index contributed by atoms with van der Waals surface area (Å²) in [6, 6.07) is 8.40. The molecule has 0 aliphatic carbocycles. The predicted octanol–water partition coefficient (Wildman–Crippen LogP) is 1.57. The lowest BCUT2D eigenvalue weighted by atomic mass is 9.79. The van der Waals surface area contributed by atoms with Gasteiger partial charge in [-0.2, -0.15) is 0 Å². The zero-order valence-corrected chi connectivity index (χ0v) is 16.0. The first-order valence-electron chi connectivity index (χ1n) is 9.31. The molecule has 1 unspecified atom stereocenters. The zero-order chi connectivity index (χ0) is 19.0. The number of amides is 2. The second kappa shape index (κ2) is 9.69. The summed E-state index contributed by atoms with van der Waals surface area (Å²) < 4.78 is 5.40. The standard InChI is InChI=1S/C20H31N3O3/c1-15(2)17(23-18(24)16-7-5-4-6-8-16)19(25)22-13-20(14-26-3)9-11-21-12-10-20/h4-8,15,17,21H,9-14H2,1-3H3,(H,22,25)(H,23,24). The zero-order valence-electron chi connectivity index (χ0n) is 16.0. The van der Waals surface area contributed by atoms with Crippen LogP contribution in [0.1, 0.15) is 37.0 Å². The van der Waals surface area contributed by atoms with E-state index in [2.05, 4.69) is 16.0 Å². The Morgan fingerprint density at radius 2 is 1.85 bits per heavy atom. The number of rotatable bonds is 8. The van der Waals surface area contributed by atoms with E-state index in [1.807, 2.05) is 32.0 Å². The monoisotopic (exact) mass is 361 g/mol. The molecule has 1 aliphatic heterocycles. The van der Waals surface area contributed by atoms with Crippen molar-refractivity contribution in [2.75, 3.05) is 33.4 Å². The predicted molar refractivity (Wildman–Crippen MR) is 102 cm³/mol. The Morgan fingerprint density at radius 3 is 2.42 bits per heavy atom. The number of carbonyl (C=O) groups excluding carboxylic acids is 2. The van der Waals surface area contributed by atoms with Crippen molar-refractivity contribution >= 4 is 11.8 Å². The van der Waals surface area contributed by atoms with Crippen molar-refractivity contribution in [2.45, 2.75) is 32.7 Å². The molecule has 6 nitrogen and oxygen atoms in total. The summed E-state index contributed by atoms with van der Waals surface area (Å²) in [6.07, 6.45) is 1.92. The van der Waals surface area contributed by atoms with Crippen LogP contribution >= 0.6 is 0 Å². The van der Waals surface area contributed by atoms with E-state index in [0.717, 1.165) is 25.9 Å². The molecule has 1 aromatic rings. The van der Waals surface area contributed by atoms with E-state index in [9.17, 15) is 9.59 Å². The van der Waals surface area contributed by atoms with Crippen molar-refractivity contribution in [2.24, 2.45) is 11.3 Å². The van der Waals surface area contributed by atoms with Crippen molar-refractivity contribution < 1.29 is 14.3 Å². The lowest BCUT2D eigenvalue weighted by Gasteiger charge is -2.37. The molecule has 0 saturated carbocycles. The fourth-order valence-corrected chi connectivity index (χ4v) is 3.37. The number of piperidine rings is 1. The van der Waals surface area contributed by atoms with E-state index in [-0.39, 0.29) is 23.1 Å². The van der Waals surface area contributed by atoms with Gasteiger partial charge in [0.25, 0.3) is 5.91 Å². The maximum Gasteiger partial charge on any atom is 0.251 e. The van der Waals surface area contributed by atoms with Gasteiger partial charge >= 0.3 is 0 Å². The fourth-order valence-electron chi connectivity index (χ4n) is 3.37. The minimum atomic E-state index is -0.566. The van der Waals surface area contributed by atoms with Gasteiger partial charge < -0.3 is 20.7 Å². The maximum atomic E-state index is 12.8. The SMILES string of the molecule is COCC1(CNC(=O)C(NC(=O)c2ccccc2)C(C)C)CCNCC1. The number of carbonyl (C=O) groups is 2. The van der Waals surface area contributed by atoms with Crippen molar-refractivity contribution in [3.63, 3.8) is 0 Å². The molecule has 2 amide bonds. The molecule has 1 aromatic carbocycles. The van der Waals surface area contributed by atoms with E-state index in [0.29, 0.717) is 18.7 Å². The van der Waals surface area contributed by atoms with E-state index in [4.69, 9.17) is 4.74 Å². The molecule has 0 spiro atoms. The Morgan fingerprint density at radius 1 is 1.19 bits per heavy atom. The number of methoxy groups -OCH3 is 1. The molecule has 26 heavy (non-hydrogen) atoms. The van der Waals surface area contributed by atoms with Crippen LogP contribution in [0.5, 0.6) is 0 Å². The number of ether oxygens (including phenoxy) is 1. The quantitative estimate of drug-likeness (QED) is 0.657. The molecule has 2 rings (SSSR count). The van der Waals surface area contributed by atoms with Crippen LogP contribution in [0.4, 0.5) is 0 Å². The second-order valence-electron chi connectivity index (χ2n) is 7.46. The summed E-state index contributed by atoms with van der Waals surface area (Å²) >= 11 is 0. The van der Waals surface area contributed by atoms with Crippen LogP contribution in [0.25, 0.3) is 0 Å². The van der Waals surface area contributed by atoms with Gasteiger partial charge in [-0.1, -0.05) is 32.0 Å². The van der Waals surface area contributed by atoms with Gasteiger partial charge in [-0.3, -0.25) is 9.59 Å². The van der Waals surface area contributed by atoms with Gasteiger partial charge in [0.15, 0.2) is 0 Å². The Bertz CT molecular complexity index is 578. The summed E-state index contributed by atoms with van der Waals surface area (Å²) in [5.41, 5.74) is 0.515. The number of benzene rings is 1. The van der Waals surface area contributed by atoms with Crippen LogP contribution in [0, 0.1) is 11.3 Å². The molecule has 1 aliphatic rings. The highest BCUT2D eigenvalue weighted by Crippen LogP contribution is 2.28. The average molecular weight is 361 g/mol. The van der Waals surface area contributed by atoms with Gasteiger partial charge in [0.05, 0.1) is 6.61 Å². The van der Waals surface area contributed by atoms with Gasteiger partial charge in [0.1, 0.15) is 6.04 Å². The Hall–Kier alpha value is -1.92. The van der Waals surface area contributed by atoms with E-state index in [1.165, 1.54) is 0 Å². The van der Waals surface area contributed by atoms with Crippen LogP contribution in [0.15, 0.2) is 30.3 Å². The lowest BCUT2D eigenvalue weighted by Crippen LogP contribution is -2.53. The number of hydrogen-bond acceptors (Lipinski definition) is 4. The van der Waals surface area contributed by atoms with Crippen molar-refractivity contribution in [3.8, 4) is 0 Å². The third kappa shape index (κ3) is 5.54. The Kier molecular flexibility index (Phi) is 7.60. The smallest absolute Gasteiger partial charge is 0.251 e. The first-order valence-corrected chi connectivity index (χ1v) is 9.31. The lowest BCUT2D eigenvalue weighted by molar-refractivity contribution is -0.124. The fraction of sp³-hybridized carbons (Fsp3) is 0.600. The number of nitrogens with one attached hydrogen (secondary N) is 3. The topological polar surface area (TPSA) is 79.5 Å². The highest BCUT2D eigenvalue weighted by molar-refractivity contribution is 5.97. The maximum absolute atomic E-state index is 12.8.